The van der Waals surface area contributed by atoms with E-state index in [1.54, 1.807) is 4.80 Å². The van der Waals surface area contributed by atoms with Gasteiger partial charge in [0, 0.05) is 36.7 Å². The van der Waals surface area contributed by atoms with Crippen LogP contribution in [0.5, 0.6) is 0 Å². The molecule has 0 N–H and O–H groups in total. The molecule has 0 bridgehead atoms. The molecule has 30 heavy (non-hydrogen) atoms. The van der Waals surface area contributed by atoms with Crippen molar-refractivity contribution in [3.05, 3.63) is 70.2 Å². The zero-order chi connectivity index (χ0) is 21.1. The Bertz CT molecular complexity index is 1060. The zero-order valence-corrected chi connectivity index (χ0v) is 17.9. The van der Waals surface area contributed by atoms with E-state index in [1.807, 2.05) is 38.1 Å². The summed E-state index contributed by atoms with van der Waals surface area (Å²) in [6.07, 6.45) is 6.07. The molecule has 0 atom stereocenters. The molecule has 1 fully saturated rings. The molecule has 9 heteroatoms. The van der Waals surface area contributed by atoms with Gasteiger partial charge in [-0.2, -0.15) is 9.78 Å². The van der Waals surface area contributed by atoms with Crippen LogP contribution in [-0.4, -0.2) is 48.3 Å². The van der Waals surface area contributed by atoms with Crippen molar-refractivity contribution < 1.29 is 4.52 Å². The van der Waals surface area contributed by atoms with Gasteiger partial charge in [0.25, 0.3) is 0 Å². The highest BCUT2D eigenvalue weighted by molar-refractivity contribution is 6.30. The Labute approximate surface area is 180 Å². The average molecular weight is 426 g/mol. The molecule has 1 aliphatic rings. The highest BCUT2D eigenvalue weighted by atomic mass is 35.5. The molecule has 1 saturated heterocycles. The molecule has 0 saturated carbocycles. The fourth-order valence-corrected chi connectivity index (χ4v) is 3.81. The minimum absolute atomic E-state index is 0.344. The van der Waals surface area contributed by atoms with Crippen LogP contribution < -0.4 is 0 Å². The van der Waals surface area contributed by atoms with Crippen LogP contribution in [0.25, 0.3) is 6.08 Å². The minimum Gasteiger partial charge on any atom is -0.372 e. The first-order chi connectivity index (χ1) is 14.5. The first kappa shape index (κ1) is 20.3. The molecule has 3 aromatic rings. The summed E-state index contributed by atoms with van der Waals surface area (Å²) in [4.78, 5) is 8.23. The Morgan fingerprint density at radius 3 is 2.77 bits per heavy atom. The molecule has 0 amide bonds. The van der Waals surface area contributed by atoms with Gasteiger partial charge in [-0.1, -0.05) is 35.5 Å². The maximum atomic E-state index is 6.21. The predicted octanol–water partition coefficient (Wildman–Crippen LogP) is 3.78. The molecule has 0 aliphatic carbocycles. The Morgan fingerprint density at radius 1 is 1.30 bits per heavy atom. The second kappa shape index (κ2) is 8.79. The summed E-state index contributed by atoms with van der Waals surface area (Å²) in [5.74, 6) is 2.42. The standard InChI is InChI=1S/C21H24ClN7O/c1-14(28-10-8-18(9-11-28)21-23-16(3)30-26-21)4-5-17-6-7-20(22)12-19(17)13-29-25-15(2)24-27-29/h4-7,12,18H,1,8-11,13H2,2-3H3/b5-4+. The molecule has 1 aliphatic heterocycles. The molecule has 0 radical (unpaired) electrons. The maximum absolute atomic E-state index is 6.21. The number of likely N-dealkylation sites (tertiary alicyclic amines) is 1. The van der Waals surface area contributed by atoms with Crippen LogP contribution in [0.4, 0.5) is 0 Å². The van der Waals surface area contributed by atoms with Gasteiger partial charge in [-0.25, -0.2) is 0 Å². The molecule has 1 aromatic carbocycles. The predicted molar refractivity (Wildman–Crippen MR) is 114 cm³/mol. The quantitative estimate of drug-likeness (QED) is 0.555. The number of halogens is 1. The summed E-state index contributed by atoms with van der Waals surface area (Å²) in [6, 6.07) is 5.81. The van der Waals surface area contributed by atoms with Gasteiger partial charge in [-0.15, -0.1) is 10.2 Å². The van der Waals surface area contributed by atoms with Crippen molar-refractivity contribution in [2.45, 2.75) is 39.2 Å². The summed E-state index contributed by atoms with van der Waals surface area (Å²) in [7, 11) is 0. The first-order valence-electron chi connectivity index (χ1n) is 9.93. The number of hydrogen-bond donors (Lipinski definition) is 0. The summed E-state index contributed by atoms with van der Waals surface area (Å²) >= 11 is 6.21. The van der Waals surface area contributed by atoms with E-state index in [0.717, 1.165) is 48.6 Å². The molecular formula is C21H24ClN7O. The van der Waals surface area contributed by atoms with Crippen LogP contribution in [0.15, 0.2) is 41.1 Å². The van der Waals surface area contributed by atoms with Crippen molar-refractivity contribution >= 4 is 17.7 Å². The van der Waals surface area contributed by atoms with Crippen LogP contribution in [0, 0.1) is 13.8 Å². The average Bonchev–Trinajstić information content (AvgIpc) is 3.35. The van der Waals surface area contributed by atoms with Gasteiger partial charge >= 0.3 is 0 Å². The van der Waals surface area contributed by atoms with Crippen LogP contribution in [-0.2, 0) is 6.54 Å². The third kappa shape index (κ3) is 4.76. The molecular weight excluding hydrogens is 402 g/mol. The Hall–Kier alpha value is -3.00. The van der Waals surface area contributed by atoms with Crippen molar-refractivity contribution in [2.75, 3.05) is 13.1 Å². The number of rotatable bonds is 6. The van der Waals surface area contributed by atoms with E-state index in [-0.39, 0.29) is 0 Å². The second-order valence-electron chi connectivity index (χ2n) is 7.47. The lowest BCUT2D eigenvalue weighted by atomic mass is 9.96. The highest BCUT2D eigenvalue weighted by Crippen LogP contribution is 2.28. The number of allylic oxidation sites excluding steroid dienone is 1. The van der Waals surface area contributed by atoms with Crippen molar-refractivity contribution in [2.24, 2.45) is 0 Å². The zero-order valence-electron chi connectivity index (χ0n) is 17.1. The van der Waals surface area contributed by atoms with Crippen molar-refractivity contribution in [3.8, 4) is 0 Å². The van der Waals surface area contributed by atoms with Gasteiger partial charge in [-0.3, -0.25) is 0 Å². The number of benzene rings is 1. The smallest absolute Gasteiger partial charge is 0.223 e. The second-order valence-corrected chi connectivity index (χ2v) is 7.90. The van der Waals surface area contributed by atoms with Gasteiger partial charge in [0.05, 0.1) is 6.54 Å². The van der Waals surface area contributed by atoms with E-state index in [2.05, 4.69) is 43.1 Å². The fourth-order valence-electron chi connectivity index (χ4n) is 3.61. The van der Waals surface area contributed by atoms with Gasteiger partial charge in [0.2, 0.25) is 5.89 Å². The van der Waals surface area contributed by atoms with Crippen LogP contribution in [0.1, 0.15) is 47.4 Å². The Balaban J connectivity index is 1.40. The Kier molecular flexibility index (Phi) is 5.94. The molecule has 156 valence electrons. The highest BCUT2D eigenvalue weighted by Gasteiger charge is 2.24. The molecule has 8 nitrogen and oxygen atoms in total. The van der Waals surface area contributed by atoms with E-state index in [4.69, 9.17) is 16.1 Å². The number of aryl methyl sites for hydroxylation is 2. The third-order valence-electron chi connectivity index (χ3n) is 5.23. The van der Waals surface area contributed by atoms with Gasteiger partial charge in [0.1, 0.15) is 0 Å². The van der Waals surface area contributed by atoms with Crippen molar-refractivity contribution in [1.29, 1.82) is 0 Å². The maximum Gasteiger partial charge on any atom is 0.223 e. The largest absolute Gasteiger partial charge is 0.372 e. The molecule has 0 spiro atoms. The third-order valence-corrected chi connectivity index (χ3v) is 5.47. The van der Waals surface area contributed by atoms with E-state index >= 15 is 0 Å². The number of tetrazole rings is 1. The van der Waals surface area contributed by atoms with E-state index in [0.29, 0.717) is 29.2 Å². The Morgan fingerprint density at radius 2 is 2.10 bits per heavy atom. The number of nitrogens with zero attached hydrogens (tertiary/aromatic N) is 7. The molecule has 4 rings (SSSR count). The number of hydrogen-bond acceptors (Lipinski definition) is 7. The normalized spacial score (nSPS) is 15.2. The molecule has 0 unspecified atom stereocenters. The lowest BCUT2D eigenvalue weighted by Crippen LogP contribution is -2.31. The number of aromatic nitrogens is 6. The van der Waals surface area contributed by atoms with Crippen LogP contribution >= 0.6 is 11.6 Å². The summed E-state index contributed by atoms with van der Waals surface area (Å²) in [6.45, 7) is 10.2. The fraction of sp³-hybridized carbons (Fsp3) is 0.381. The minimum atomic E-state index is 0.344. The first-order valence-corrected chi connectivity index (χ1v) is 10.3. The molecule has 3 heterocycles. The van der Waals surface area contributed by atoms with Crippen molar-refractivity contribution in [1.82, 2.24) is 35.2 Å². The van der Waals surface area contributed by atoms with Gasteiger partial charge < -0.3 is 9.42 Å². The summed E-state index contributed by atoms with van der Waals surface area (Å²) < 4.78 is 5.12. The lowest BCUT2D eigenvalue weighted by molar-refractivity contribution is 0.262. The molecule has 2 aromatic heterocycles. The van der Waals surface area contributed by atoms with E-state index in [9.17, 15) is 0 Å². The van der Waals surface area contributed by atoms with Crippen molar-refractivity contribution in [3.63, 3.8) is 0 Å². The lowest BCUT2D eigenvalue weighted by Gasteiger charge is -2.32. The summed E-state index contributed by atoms with van der Waals surface area (Å²) in [5, 5.41) is 17.0. The number of piperidine rings is 1. The van der Waals surface area contributed by atoms with Crippen LogP contribution in [0.3, 0.4) is 0 Å². The SMILES string of the molecule is C=C(/C=C/c1ccc(Cl)cc1Cn1nnc(C)n1)N1CCC(c2noc(C)n2)CC1. The van der Waals surface area contributed by atoms with E-state index in [1.165, 1.54) is 0 Å². The van der Waals surface area contributed by atoms with E-state index < -0.39 is 0 Å². The monoisotopic (exact) mass is 425 g/mol. The summed E-state index contributed by atoms with van der Waals surface area (Å²) in [5.41, 5.74) is 3.05. The van der Waals surface area contributed by atoms with Crippen LogP contribution in [0.2, 0.25) is 5.02 Å². The topological polar surface area (TPSA) is 85.8 Å². The van der Waals surface area contributed by atoms with Gasteiger partial charge in [-0.05, 0) is 54.3 Å². The van der Waals surface area contributed by atoms with Gasteiger partial charge in [0.15, 0.2) is 11.6 Å².